The van der Waals surface area contributed by atoms with Gasteiger partial charge >= 0.3 is 0 Å². The van der Waals surface area contributed by atoms with E-state index in [0.717, 1.165) is 37.7 Å². The van der Waals surface area contributed by atoms with Gasteiger partial charge in [-0.2, -0.15) is 0 Å². The van der Waals surface area contributed by atoms with Crippen LogP contribution >= 0.6 is 0 Å². The zero-order chi connectivity index (χ0) is 19.8. The lowest BCUT2D eigenvalue weighted by molar-refractivity contribution is 0.102. The molecule has 4 heteroatoms. The number of nitrogens with zero attached hydrogens (tertiary/aromatic N) is 1. The van der Waals surface area contributed by atoms with Crippen molar-refractivity contribution in [2.45, 2.75) is 45.4 Å². The van der Waals surface area contributed by atoms with Crippen LogP contribution in [0.1, 0.15) is 61.4 Å². The molecule has 0 atom stereocenters. The monoisotopic (exact) mass is 380 g/mol. The third-order valence-electron chi connectivity index (χ3n) is 5.42. The van der Waals surface area contributed by atoms with Crippen molar-refractivity contribution in [3.05, 3.63) is 59.7 Å². The Morgan fingerprint density at radius 2 is 1.57 bits per heavy atom. The molecular formula is C24H32N2O2. The van der Waals surface area contributed by atoms with E-state index in [0.29, 0.717) is 11.5 Å². The third kappa shape index (κ3) is 5.35. The van der Waals surface area contributed by atoms with E-state index in [9.17, 15) is 4.79 Å². The third-order valence-corrected chi connectivity index (χ3v) is 5.42. The van der Waals surface area contributed by atoms with Gasteiger partial charge in [0, 0.05) is 30.0 Å². The SMILES string of the molecule is CCCC(CCC)c1ccc(NC(=O)c2ccc(N3CCOCC3)cc2)cc1. The van der Waals surface area contributed by atoms with Crippen molar-refractivity contribution in [2.75, 3.05) is 36.5 Å². The van der Waals surface area contributed by atoms with Crippen LogP contribution in [-0.4, -0.2) is 32.2 Å². The summed E-state index contributed by atoms with van der Waals surface area (Å²) >= 11 is 0. The van der Waals surface area contributed by atoms with Crippen molar-refractivity contribution < 1.29 is 9.53 Å². The number of nitrogens with one attached hydrogen (secondary N) is 1. The summed E-state index contributed by atoms with van der Waals surface area (Å²) in [5, 5.41) is 3.01. The van der Waals surface area contributed by atoms with E-state index in [1.165, 1.54) is 31.2 Å². The predicted octanol–water partition coefficient (Wildman–Crippen LogP) is 5.46. The topological polar surface area (TPSA) is 41.6 Å². The first-order valence-corrected chi connectivity index (χ1v) is 10.5. The molecule has 0 bridgehead atoms. The van der Waals surface area contributed by atoms with Crippen molar-refractivity contribution in [1.82, 2.24) is 0 Å². The van der Waals surface area contributed by atoms with Crippen LogP contribution in [0, 0.1) is 0 Å². The number of carbonyl (C=O) groups is 1. The minimum atomic E-state index is -0.0695. The van der Waals surface area contributed by atoms with Gasteiger partial charge in [-0.3, -0.25) is 4.79 Å². The summed E-state index contributed by atoms with van der Waals surface area (Å²) in [6, 6.07) is 16.2. The highest BCUT2D eigenvalue weighted by atomic mass is 16.5. The number of anilines is 2. The number of hydrogen-bond acceptors (Lipinski definition) is 3. The van der Waals surface area contributed by atoms with Gasteiger partial charge in [-0.15, -0.1) is 0 Å². The molecule has 1 amide bonds. The number of carbonyl (C=O) groups excluding carboxylic acids is 1. The molecule has 0 saturated carbocycles. The van der Waals surface area contributed by atoms with Crippen LogP contribution < -0.4 is 10.2 Å². The van der Waals surface area contributed by atoms with E-state index >= 15 is 0 Å². The Morgan fingerprint density at radius 1 is 0.964 bits per heavy atom. The van der Waals surface area contributed by atoms with Gasteiger partial charge in [0.15, 0.2) is 0 Å². The van der Waals surface area contributed by atoms with Gasteiger partial charge in [0.05, 0.1) is 13.2 Å². The summed E-state index contributed by atoms with van der Waals surface area (Å²) in [5.41, 5.74) is 4.03. The molecule has 0 unspecified atom stereocenters. The Hall–Kier alpha value is -2.33. The summed E-state index contributed by atoms with van der Waals surface area (Å²) < 4.78 is 5.39. The normalized spacial score (nSPS) is 14.3. The summed E-state index contributed by atoms with van der Waals surface area (Å²) in [4.78, 5) is 14.9. The summed E-state index contributed by atoms with van der Waals surface area (Å²) in [7, 11) is 0. The van der Waals surface area contributed by atoms with Crippen molar-refractivity contribution >= 4 is 17.3 Å². The quantitative estimate of drug-likeness (QED) is 0.661. The van der Waals surface area contributed by atoms with Gasteiger partial charge in [-0.1, -0.05) is 38.8 Å². The fourth-order valence-corrected chi connectivity index (χ4v) is 3.86. The highest BCUT2D eigenvalue weighted by Crippen LogP contribution is 2.27. The molecule has 28 heavy (non-hydrogen) atoms. The van der Waals surface area contributed by atoms with Crippen LogP contribution in [0.15, 0.2) is 48.5 Å². The minimum absolute atomic E-state index is 0.0695. The first-order valence-electron chi connectivity index (χ1n) is 10.5. The second-order valence-electron chi connectivity index (χ2n) is 7.50. The van der Waals surface area contributed by atoms with E-state index in [1.807, 2.05) is 36.4 Å². The van der Waals surface area contributed by atoms with Gasteiger partial charge in [0.2, 0.25) is 0 Å². The van der Waals surface area contributed by atoms with Gasteiger partial charge in [0.25, 0.3) is 5.91 Å². The van der Waals surface area contributed by atoms with Crippen LogP contribution in [0.25, 0.3) is 0 Å². The number of amides is 1. The molecule has 0 aliphatic carbocycles. The molecule has 1 fully saturated rings. The molecule has 150 valence electrons. The zero-order valence-corrected chi connectivity index (χ0v) is 17.1. The highest BCUT2D eigenvalue weighted by molar-refractivity contribution is 6.04. The molecule has 2 aromatic rings. The Bertz CT molecular complexity index is 728. The second-order valence-corrected chi connectivity index (χ2v) is 7.50. The molecule has 3 rings (SSSR count). The molecule has 0 radical (unpaired) electrons. The van der Waals surface area contributed by atoms with Gasteiger partial charge in [-0.25, -0.2) is 0 Å². The van der Waals surface area contributed by atoms with Crippen molar-refractivity contribution in [3.8, 4) is 0 Å². The maximum atomic E-state index is 12.6. The Morgan fingerprint density at radius 3 is 2.14 bits per heavy atom. The number of benzene rings is 2. The van der Waals surface area contributed by atoms with Crippen molar-refractivity contribution in [1.29, 1.82) is 0 Å². The highest BCUT2D eigenvalue weighted by Gasteiger charge is 2.13. The average molecular weight is 381 g/mol. The summed E-state index contributed by atoms with van der Waals surface area (Å²) in [6.45, 7) is 7.79. The van der Waals surface area contributed by atoms with Gasteiger partial charge in [-0.05, 0) is 60.7 Å². The van der Waals surface area contributed by atoms with E-state index < -0.39 is 0 Å². The van der Waals surface area contributed by atoms with E-state index in [1.54, 1.807) is 0 Å². The Kier molecular flexibility index (Phi) is 7.49. The smallest absolute Gasteiger partial charge is 0.255 e. The van der Waals surface area contributed by atoms with E-state index in [4.69, 9.17) is 4.74 Å². The lowest BCUT2D eigenvalue weighted by Gasteiger charge is -2.28. The fraction of sp³-hybridized carbons (Fsp3) is 0.458. The van der Waals surface area contributed by atoms with Crippen LogP contribution in [0.5, 0.6) is 0 Å². The molecule has 1 N–H and O–H groups in total. The molecule has 4 nitrogen and oxygen atoms in total. The molecule has 1 saturated heterocycles. The Balaban J connectivity index is 1.60. The largest absolute Gasteiger partial charge is 0.378 e. The molecule has 0 spiro atoms. The maximum Gasteiger partial charge on any atom is 0.255 e. The molecule has 1 heterocycles. The predicted molar refractivity (Wildman–Crippen MR) is 116 cm³/mol. The average Bonchev–Trinajstić information content (AvgIpc) is 2.75. The van der Waals surface area contributed by atoms with Crippen molar-refractivity contribution in [3.63, 3.8) is 0 Å². The number of rotatable bonds is 8. The first kappa shape index (κ1) is 20.4. The fourth-order valence-electron chi connectivity index (χ4n) is 3.86. The van der Waals surface area contributed by atoms with E-state index in [2.05, 4.69) is 36.2 Å². The van der Waals surface area contributed by atoms with E-state index in [-0.39, 0.29) is 5.91 Å². The maximum absolute atomic E-state index is 12.6. The Labute approximate surface area is 168 Å². The molecule has 0 aromatic heterocycles. The zero-order valence-electron chi connectivity index (χ0n) is 17.1. The summed E-state index contributed by atoms with van der Waals surface area (Å²) in [5.74, 6) is 0.549. The number of hydrogen-bond donors (Lipinski definition) is 1. The van der Waals surface area contributed by atoms with Crippen molar-refractivity contribution in [2.24, 2.45) is 0 Å². The lowest BCUT2D eigenvalue weighted by Crippen LogP contribution is -2.36. The van der Waals surface area contributed by atoms with Crippen LogP contribution in [0.3, 0.4) is 0 Å². The molecule has 1 aliphatic heterocycles. The van der Waals surface area contributed by atoms with Crippen LogP contribution in [-0.2, 0) is 4.74 Å². The minimum Gasteiger partial charge on any atom is -0.378 e. The number of ether oxygens (including phenoxy) is 1. The standard InChI is InChI=1S/C24H32N2O2/c1-3-5-19(6-4-2)20-7-11-22(12-8-20)25-24(27)21-9-13-23(14-10-21)26-15-17-28-18-16-26/h7-14,19H,3-6,15-18H2,1-2H3,(H,25,27). The van der Waals surface area contributed by atoms with Crippen LogP contribution in [0.2, 0.25) is 0 Å². The molecular weight excluding hydrogens is 348 g/mol. The summed E-state index contributed by atoms with van der Waals surface area (Å²) in [6.07, 6.45) is 4.83. The van der Waals surface area contributed by atoms with Gasteiger partial charge in [0.1, 0.15) is 0 Å². The van der Waals surface area contributed by atoms with Crippen LogP contribution in [0.4, 0.5) is 11.4 Å². The first-order chi connectivity index (χ1) is 13.7. The van der Waals surface area contributed by atoms with Gasteiger partial charge < -0.3 is 15.0 Å². The number of morpholine rings is 1. The lowest BCUT2D eigenvalue weighted by atomic mass is 9.90. The second kappa shape index (κ2) is 10.3. The molecule has 1 aliphatic rings. The molecule has 2 aromatic carbocycles.